The number of aliphatic hydroxyl groups excluding tert-OH is 4. The van der Waals surface area contributed by atoms with Gasteiger partial charge in [0.2, 0.25) is 59.1 Å². The quantitative estimate of drug-likeness (QED) is 0.0214. The molecule has 2 fully saturated rings. The number of aliphatic hydroxyl groups is 4. The fourth-order valence-corrected chi connectivity index (χ4v) is 10.5. The molecule has 1 saturated heterocycles. The molecule has 32 nitrogen and oxygen atoms in total. The average Bonchev–Trinajstić information content (AvgIpc) is 0.945. The summed E-state index contributed by atoms with van der Waals surface area (Å²) < 4.78 is 6.07. The fourth-order valence-electron chi connectivity index (χ4n) is 10.5. The number of benzene rings is 1. The molecule has 1 heterocycles. The average molecular weight is 1320 g/mol. The number of aliphatic imine (C=N–C) groups is 1. The molecule has 1 aromatic rings. The van der Waals surface area contributed by atoms with Crippen LogP contribution in [0.2, 0.25) is 0 Å². The first-order valence-electron chi connectivity index (χ1n) is 31.9. The van der Waals surface area contributed by atoms with Crippen LogP contribution in [0.15, 0.2) is 35.3 Å². The van der Waals surface area contributed by atoms with E-state index in [1.54, 1.807) is 59.7 Å². The minimum atomic E-state index is -2.53. The second kappa shape index (κ2) is 39.8. The van der Waals surface area contributed by atoms with Crippen molar-refractivity contribution in [3.63, 3.8) is 0 Å². The number of nitrogens with two attached hydrogens (primary N) is 4. The number of esters is 1. The van der Waals surface area contributed by atoms with Gasteiger partial charge in [-0.15, -0.1) is 0 Å². The molecule has 1 aliphatic heterocycles. The van der Waals surface area contributed by atoms with Gasteiger partial charge in [-0.2, -0.15) is 5.48 Å². The van der Waals surface area contributed by atoms with Crippen LogP contribution in [-0.2, 0) is 62.3 Å². The normalized spacial score (nSPS) is 25.6. The zero-order valence-corrected chi connectivity index (χ0v) is 54.8. The number of hydrogen-bond acceptors (Lipinski definition) is 20. The molecule has 10 amide bonds. The Kier molecular flexibility index (Phi) is 34.1. The summed E-state index contributed by atoms with van der Waals surface area (Å²) in [6, 6.07) is -8.51. The number of hydroxylamine groups is 1. The van der Waals surface area contributed by atoms with Gasteiger partial charge >= 0.3 is 5.97 Å². The minimum Gasteiger partial charge on any atom is -0.454 e. The molecule has 1 saturated carbocycles. The van der Waals surface area contributed by atoms with Gasteiger partial charge in [0.15, 0.2) is 18.1 Å². The van der Waals surface area contributed by atoms with Gasteiger partial charge in [-0.3, -0.25) is 57.8 Å². The van der Waals surface area contributed by atoms with Crippen molar-refractivity contribution in [2.45, 2.75) is 218 Å². The Balaban J connectivity index is 2.35. The molecule has 93 heavy (non-hydrogen) atoms. The van der Waals surface area contributed by atoms with E-state index in [0.717, 1.165) is 39.0 Å². The summed E-state index contributed by atoms with van der Waals surface area (Å²) in [4.78, 5) is 165. The zero-order valence-electron chi connectivity index (χ0n) is 54.8. The third-order valence-corrected chi connectivity index (χ3v) is 16.0. The smallest absolute Gasteiger partial charge is 0.331 e. The summed E-state index contributed by atoms with van der Waals surface area (Å²) >= 11 is 0. The van der Waals surface area contributed by atoms with Gasteiger partial charge in [0.05, 0.1) is 44.1 Å². The molecule has 22 N–H and O–H groups in total. The van der Waals surface area contributed by atoms with E-state index in [0.29, 0.717) is 0 Å². The third-order valence-electron chi connectivity index (χ3n) is 16.0. The summed E-state index contributed by atoms with van der Waals surface area (Å²) in [7, 11) is 0. The lowest BCUT2D eigenvalue weighted by Gasteiger charge is -2.33. The molecule has 3 rings (SSSR count). The van der Waals surface area contributed by atoms with Crippen molar-refractivity contribution in [2.75, 3.05) is 26.3 Å². The van der Waals surface area contributed by atoms with Crippen LogP contribution in [0.5, 0.6) is 0 Å². The number of primary amides is 1. The highest BCUT2D eigenvalue weighted by atomic mass is 16.6. The summed E-state index contributed by atoms with van der Waals surface area (Å²) in [5.41, 5.74) is 25.6. The fraction of sp³-hybridized carbons (Fsp3) is 0.705. The van der Waals surface area contributed by atoms with Gasteiger partial charge in [0.25, 0.3) is 0 Å². The van der Waals surface area contributed by atoms with Crippen molar-refractivity contribution in [1.82, 2.24) is 53.3 Å². The van der Waals surface area contributed by atoms with Gasteiger partial charge in [-0.1, -0.05) is 124 Å². The second-order valence-corrected chi connectivity index (χ2v) is 25.2. The van der Waals surface area contributed by atoms with Crippen LogP contribution in [-0.4, -0.2) is 196 Å². The van der Waals surface area contributed by atoms with Crippen LogP contribution in [0, 0.1) is 29.6 Å². The number of nitrogens with one attached hydrogen (secondary N) is 10. The highest BCUT2D eigenvalue weighted by molar-refractivity contribution is 5.99. The van der Waals surface area contributed by atoms with E-state index in [9.17, 15) is 73.2 Å². The van der Waals surface area contributed by atoms with Crippen molar-refractivity contribution in [3.05, 3.63) is 35.9 Å². The number of nitrogens with zero attached hydrogens (tertiary/aromatic N) is 1. The SMILES string of the molecule is CC[C@H](C)[C@@H]1NC(=O)[C@@H](CCCN=C(N)N)NC(=O)[C@H](CC(C)C)NC(=O)[C@H]([C@H](O)C(C)C)NOC[C@@H](NC(=O)[C@H](CC2CCCCC2)NC(=O)[C@H](N)CC(C)C)[C@@H](c2ccccc2)OC(=O)[C@H](CO)NC(=O)[C@H]([C@H](O)C(N)=O)NC(=O)CNC(=O)[C@H]([C@H](C)O)NC1=O. The Morgan fingerprint density at radius 3 is 1.85 bits per heavy atom. The number of rotatable bonds is 23. The number of carbonyl (C=O) groups is 11. The van der Waals surface area contributed by atoms with Crippen LogP contribution >= 0.6 is 0 Å². The predicted molar refractivity (Wildman–Crippen MR) is 339 cm³/mol. The lowest BCUT2D eigenvalue weighted by atomic mass is 9.84. The lowest BCUT2D eigenvalue weighted by molar-refractivity contribution is -0.159. The van der Waals surface area contributed by atoms with E-state index in [1.165, 1.54) is 12.1 Å². The highest BCUT2D eigenvalue weighted by Gasteiger charge is 2.41. The number of amides is 10. The van der Waals surface area contributed by atoms with Crippen molar-refractivity contribution in [3.8, 4) is 0 Å². The monoisotopic (exact) mass is 1320 g/mol. The Morgan fingerprint density at radius 2 is 1.28 bits per heavy atom. The van der Waals surface area contributed by atoms with E-state index in [1.807, 2.05) is 19.2 Å². The van der Waals surface area contributed by atoms with Gasteiger partial charge < -0.3 is 95.9 Å². The minimum absolute atomic E-state index is 0.00198. The number of carbonyl (C=O) groups excluding carboxylic acids is 11. The molecule has 0 bridgehead atoms. The molecule has 0 unspecified atom stereocenters. The maximum absolute atomic E-state index is 15.0. The predicted octanol–water partition coefficient (Wildman–Crippen LogP) is -4.11. The molecule has 1 aromatic carbocycles. The maximum Gasteiger partial charge on any atom is 0.331 e. The van der Waals surface area contributed by atoms with Gasteiger partial charge in [-0.05, 0) is 74.2 Å². The molecular weight excluding hydrogens is 1210 g/mol. The molecule has 2 aliphatic rings. The molecule has 524 valence electrons. The van der Waals surface area contributed by atoms with Crippen molar-refractivity contribution >= 4 is 71.0 Å². The number of cyclic esters (lactones) is 1. The number of hydrogen-bond donors (Lipinski definition) is 18. The molecule has 1 aliphatic carbocycles. The molecular formula is C61H103N15O17. The Labute approximate surface area is 542 Å². The number of guanidine groups is 1. The molecule has 0 aromatic heterocycles. The van der Waals surface area contributed by atoms with E-state index >= 15 is 0 Å². The van der Waals surface area contributed by atoms with Gasteiger partial charge in [0.1, 0.15) is 48.4 Å². The van der Waals surface area contributed by atoms with Crippen LogP contribution in [0.4, 0.5) is 0 Å². The van der Waals surface area contributed by atoms with Gasteiger partial charge in [0, 0.05) is 6.54 Å². The summed E-state index contributed by atoms with van der Waals surface area (Å²) in [5.74, 6) is -14.2. The molecule has 0 radical (unpaired) electrons. The first-order chi connectivity index (χ1) is 43.8. The van der Waals surface area contributed by atoms with Crippen LogP contribution in [0.25, 0.3) is 0 Å². The topological polar surface area (TPSA) is 524 Å². The van der Waals surface area contributed by atoms with Crippen LogP contribution in [0.1, 0.15) is 145 Å². The Hall–Kier alpha value is -7.62. The highest BCUT2D eigenvalue weighted by Crippen LogP contribution is 2.29. The molecule has 32 heteroatoms. The summed E-state index contributed by atoms with van der Waals surface area (Å²) in [6.07, 6.45) is -2.72. The Morgan fingerprint density at radius 1 is 0.688 bits per heavy atom. The van der Waals surface area contributed by atoms with Crippen LogP contribution < -0.4 is 76.3 Å². The van der Waals surface area contributed by atoms with E-state index in [2.05, 4.69) is 53.0 Å². The summed E-state index contributed by atoms with van der Waals surface area (Å²) in [6.45, 7) is 11.8. The van der Waals surface area contributed by atoms with Crippen molar-refractivity contribution in [1.29, 1.82) is 0 Å². The second-order valence-electron chi connectivity index (χ2n) is 25.2. The number of ether oxygens (including phenoxy) is 1. The first-order valence-corrected chi connectivity index (χ1v) is 31.9. The third kappa shape index (κ3) is 26.7. The standard InChI is InChI=1S/C61H103N15O17/c1-10-33(8)44-57(88)75-45(34(9)78)56(87)67-27-43(79)73-46(49(81)51(63)82)58(89)71-41(28-77)60(91)93-50(36-20-15-12-16-21-36)42(72-55(86)40(26-35-18-13-11-14-19-35)69-52(83)37(62)24-30(2)3)29-92-76-47(48(80)32(6)7)59(90)70-39(25-31(4)5)54(85)68-38(53(84)74-44)22-17-23-66-61(64)65/h12,15-16,20-21,30-35,37-42,44-50,76-78,80-81H,10-11,13-14,17-19,22-29,62H2,1-9H3,(H2,63,82)(H,67,87)(H,68,85)(H,69,83)(H,70,90)(H,71,89)(H,72,86)(H,73,79)(H,74,84)(H,75,88)(H4,64,65,66)/t33-,34-,37+,38+,39-,40-,41-,42+,44-,45-,46-,47-,48+,49-,50+/m0/s1. The van der Waals surface area contributed by atoms with Crippen molar-refractivity contribution in [2.24, 2.45) is 57.5 Å². The first kappa shape index (κ1) is 79.6. The van der Waals surface area contributed by atoms with E-state index in [4.69, 9.17) is 32.5 Å². The lowest BCUT2D eigenvalue weighted by Crippen LogP contribution is -2.62. The van der Waals surface area contributed by atoms with E-state index < -0.39 is 181 Å². The van der Waals surface area contributed by atoms with E-state index in [-0.39, 0.29) is 74.3 Å². The zero-order chi connectivity index (χ0) is 69.8. The van der Waals surface area contributed by atoms with Crippen LogP contribution in [0.3, 0.4) is 0 Å². The van der Waals surface area contributed by atoms with Gasteiger partial charge in [-0.25, -0.2) is 4.79 Å². The molecule has 15 atom stereocenters. The largest absolute Gasteiger partial charge is 0.454 e. The summed E-state index contributed by atoms with van der Waals surface area (Å²) in [5, 5.41) is 66.5. The maximum atomic E-state index is 15.0. The molecule has 0 spiro atoms. The van der Waals surface area contributed by atoms with Crippen molar-refractivity contribution < 1.29 is 82.7 Å². The Bertz CT molecular complexity index is 2660.